The number of H-pyrrole nitrogens is 1. The van der Waals surface area contributed by atoms with E-state index in [-0.39, 0.29) is 11.8 Å². The van der Waals surface area contributed by atoms with E-state index < -0.39 is 0 Å². The number of ether oxygens (including phenoxy) is 1. The normalized spacial score (nSPS) is 14.1. The standard InChI is InChI=1S/C26H28N6O3S/c1-31-10-12-32(13-11-31)19-8-6-18(7-9-19)24(33)28-23-21-15-22(36-26(21)30-29-23)25(34)27-16-17-4-3-5-20(14-17)35-2/h3-9,14-15H,10-13,16H2,1-2H3,(H,27,34)(H2,28,29,30,33). The second-order valence-corrected chi connectivity index (χ2v) is 9.80. The first-order chi connectivity index (χ1) is 17.5. The first-order valence-electron chi connectivity index (χ1n) is 11.7. The Kier molecular flexibility index (Phi) is 6.88. The van der Waals surface area contributed by atoms with Crippen LogP contribution in [-0.2, 0) is 6.54 Å². The first kappa shape index (κ1) is 23.8. The van der Waals surface area contributed by atoms with Crippen LogP contribution in [-0.4, -0.2) is 67.2 Å². The van der Waals surface area contributed by atoms with Crippen molar-refractivity contribution in [3.05, 3.63) is 70.6 Å². The fourth-order valence-electron chi connectivity index (χ4n) is 4.14. The molecule has 10 heteroatoms. The molecule has 2 amide bonds. The Morgan fingerprint density at radius 1 is 1.06 bits per heavy atom. The quantitative estimate of drug-likeness (QED) is 0.356. The molecular weight excluding hydrogens is 476 g/mol. The molecule has 186 valence electrons. The van der Waals surface area contributed by atoms with Gasteiger partial charge >= 0.3 is 0 Å². The molecule has 0 unspecified atom stereocenters. The van der Waals surface area contributed by atoms with Crippen molar-refractivity contribution in [2.24, 2.45) is 0 Å². The van der Waals surface area contributed by atoms with Crippen LogP contribution >= 0.6 is 11.3 Å². The number of hydrogen-bond acceptors (Lipinski definition) is 7. The molecular formula is C26H28N6O3S. The van der Waals surface area contributed by atoms with E-state index in [0.29, 0.717) is 28.2 Å². The van der Waals surface area contributed by atoms with E-state index in [0.717, 1.165) is 48.0 Å². The highest BCUT2D eigenvalue weighted by Crippen LogP contribution is 2.29. The van der Waals surface area contributed by atoms with Crippen molar-refractivity contribution in [3.63, 3.8) is 0 Å². The van der Waals surface area contributed by atoms with Crippen LogP contribution in [0.25, 0.3) is 10.2 Å². The molecule has 2 aromatic carbocycles. The zero-order valence-electron chi connectivity index (χ0n) is 20.2. The minimum Gasteiger partial charge on any atom is -0.497 e. The van der Waals surface area contributed by atoms with Crippen molar-refractivity contribution in [1.82, 2.24) is 20.4 Å². The fourth-order valence-corrected chi connectivity index (χ4v) is 5.06. The van der Waals surface area contributed by atoms with Gasteiger partial charge in [0.25, 0.3) is 11.8 Å². The summed E-state index contributed by atoms with van der Waals surface area (Å²) >= 11 is 1.29. The molecule has 1 aliphatic heterocycles. The summed E-state index contributed by atoms with van der Waals surface area (Å²) < 4.78 is 5.23. The predicted octanol–water partition coefficient (Wildman–Crippen LogP) is 3.57. The topological polar surface area (TPSA) is 103 Å². The van der Waals surface area contributed by atoms with Gasteiger partial charge in [0.15, 0.2) is 5.82 Å². The van der Waals surface area contributed by atoms with Crippen LogP contribution in [0.2, 0.25) is 0 Å². The molecule has 2 aromatic heterocycles. The van der Waals surface area contributed by atoms with Gasteiger partial charge in [0.05, 0.1) is 17.4 Å². The molecule has 1 aliphatic rings. The zero-order valence-corrected chi connectivity index (χ0v) is 21.0. The van der Waals surface area contributed by atoms with Gasteiger partial charge in [0.1, 0.15) is 10.6 Å². The number of carbonyl (C=O) groups excluding carboxylic acids is 2. The molecule has 0 atom stereocenters. The van der Waals surface area contributed by atoms with Crippen molar-refractivity contribution < 1.29 is 14.3 Å². The molecule has 3 N–H and O–H groups in total. The molecule has 0 saturated carbocycles. The SMILES string of the molecule is COc1cccc(CNC(=O)c2cc3c(NC(=O)c4ccc(N5CCN(C)CC5)cc4)n[nH]c3s2)c1. The lowest BCUT2D eigenvalue weighted by molar-refractivity contribution is 0.0954. The summed E-state index contributed by atoms with van der Waals surface area (Å²) in [4.78, 5) is 31.5. The summed E-state index contributed by atoms with van der Waals surface area (Å²) in [7, 11) is 3.74. The number of aromatic nitrogens is 2. The van der Waals surface area contributed by atoms with Crippen molar-refractivity contribution >= 4 is 44.9 Å². The monoisotopic (exact) mass is 504 g/mol. The Balaban J connectivity index is 1.22. The second kappa shape index (κ2) is 10.4. The largest absolute Gasteiger partial charge is 0.497 e. The third-order valence-electron chi connectivity index (χ3n) is 6.30. The maximum atomic E-state index is 12.9. The molecule has 9 nitrogen and oxygen atoms in total. The number of carbonyl (C=O) groups is 2. The number of benzene rings is 2. The van der Waals surface area contributed by atoms with Crippen molar-refractivity contribution in [1.29, 1.82) is 0 Å². The van der Waals surface area contributed by atoms with Crippen molar-refractivity contribution in [2.45, 2.75) is 6.54 Å². The van der Waals surface area contributed by atoms with E-state index in [2.05, 4.69) is 37.7 Å². The summed E-state index contributed by atoms with van der Waals surface area (Å²) in [5, 5.41) is 13.6. The average Bonchev–Trinajstić information content (AvgIpc) is 3.50. The average molecular weight is 505 g/mol. The summed E-state index contributed by atoms with van der Waals surface area (Å²) in [5.41, 5.74) is 2.61. The van der Waals surface area contributed by atoms with E-state index >= 15 is 0 Å². The van der Waals surface area contributed by atoms with Gasteiger partial charge in [-0.25, -0.2) is 0 Å². The molecule has 1 saturated heterocycles. The van der Waals surface area contributed by atoms with Gasteiger partial charge in [-0.05, 0) is 55.1 Å². The number of hydrogen-bond donors (Lipinski definition) is 3. The van der Waals surface area contributed by atoms with E-state index in [9.17, 15) is 9.59 Å². The lowest BCUT2D eigenvalue weighted by atomic mass is 10.1. The maximum Gasteiger partial charge on any atom is 0.261 e. The first-order valence-corrected chi connectivity index (χ1v) is 12.6. The predicted molar refractivity (Wildman–Crippen MR) is 142 cm³/mol. The lowest BCUT2D eigenvalue weighted by Crippen LogP contribution is -2.44. The summed E-state index contributed by atoms with van der Waals surface area (Å²) in [6.45, 7) is 4.38. The molecule has 5 rings (SSSR count). The number of nitrogens with one attached hydrogen (secondary N) is 3. The van der Waals surface area contributed by atoms with Crippen LogP contribution in [0.5, 0.6) is 5.75 Å². The number of piperazine rings is 1. The minimum atomic E-state index is -0.247. The van der Waals surface area contributed by atoms with Gasteiger partial charge in [-0.1, -0.05) is 12.1 Å². The fraction of sp³-hybridized carbons (Fsp3) is 0.269. The molecule has 0 spiro atoms. The summed E-state index contributed by atoms with van der Waals surface area (Å²) in [5.74, 6) is 0.709. The Hall–Kier alpha value is -3.89. The Labute approximate surface area is 213 Å². The number of thiophene rings is 1. The number of aromatic amines is 1. The second-order valence-electron chi connectivity index (χ2n) is 8.75. The van der Waals surface area contributed by atoms with E-state index in [4.69, 9.17) is 4.74 Å². The summed E-state index contributed by atoms with van der Waals surface area (Å²) in [6.07, 6.45) is 0. The van der Waals surface area contributed by atoms with Crippen LogP contribution < -0.4 is 20.3 Å². The number of anilines is 2. The van der Waals surface area contributed by atoms with Gasteiger partial charge in [0, 0.05) is 44.0 Å². The Bertz CT molecular complexity index is 1370. The zero-order chi connectivity index (χ0) is 25.1. The Morgan fingerprint density at radius 2 is 1.83 bits per heavy atom. The van der Waals surface area contributed by atoms with Crippen LogP contribution in [0.3, 0.4) is 0 Å². The third-order valence-corrected chi connectivity index (χ3v) is 7.34. The summed E-state index contributed by atoms with van der Waals surface area (Å²) in [6, 6.07) is 16.9. The highest BCUT2D eigenvalue weighted by Gasteiger charge is 2.18. The van der Waals surface area contributed by atoms with Gasteiger partial charge < -0.3 is 25.2 Å². The highest BCUT2D eigenvalue weighted by molar-refractivity contribution is 7.20. The minimum absolute atomic E-state index is 0.191. The van der Waals surface area contributed by atoms with Gasteiger partial charge in [-0.3, -0.25) is 14.7 Å². The molecule has 36 heavy (non-hydrogen) atoms. The third kappa shape index (κ3) is 5.19. The number of methoxy groups -OCH3 is 1. The lowest BCUT2D eigenvalue weighted by Gasteiger charge is -2.34. The highest BCUT2D eigenvalue weighted by atomic mass is 32.1. The molecule has 0 aliphatic carbocycles. The maximum absolute atomic E-state index is 12.9. The number of likely N-dealkylation sites (N-methyl/N-ethyl adjacent to an activating group) is 1. The van der Waals surface area contributed by atoms with Gasteiger partial charge in [-0.2, -0.15) is 5.10 Å². The molecule has 1 fully saturated rings. The van der Waals surface area contributed by atoms with E-state index in [1.54, 1.807) is 13.2 Å². The van der Waals surface area contributed by atoms with Crippen molar-refractivity contribution in [2.75, 3.05) is 50.6 Å². The smallest absolute Gasteiger partial charge is 0.261 e. The molecule has 4 aromatic rings. The molecule has 3 heterocycles. The van der Waals surface area contributed by atoms with Crippen molar-refractivity contribution in [3.8, 4) is 5.75 Å². The number of nitrogens with zero attached hydrogens (tertiary/aromatic N) is 3. The Morgan fingerprint density at radius 3 is 2.58 bits per heavy atom. The number of amides is 2. The molecule has 0 radical (unpaired) electrons. The van der Waals surface area contributed by atoms with Crippen LogP contribution in [0, 0.1) is 0 Å². The van der Waals surface area contributed by atoms with Crippen LogP contribution in [0.15, 0.2) is 54.6 Å². The van der Waals surface area contributed by atoms with Crippen LogP contribution in [0.4, 0.5) is 11.5 Å². The number of fused-ring (bicyclic) bond motifs is 1. The van der Waals surface area contributed by atoms with Crippen LogP contribution in [0.1, 0.15) is 25.6 Å². The van der Waals surface area contributed by atoms with E-state index in [1.807, 2.05) is 48.5 Å². The number of rotatable bonds is 7. The van der Waals surface area contributed by atoms with Gasteiger partial charge in [0.2, 0.25) is 0 Å². The van der Waals surface area contributed by atoms with Gasteiger partial charge in [-0.15, -0.1) is 11.3 Å². The molecule has 0 bridgehead atoms. The van der Waals surface area contributed by atoms with E-state index in [1.165, 1.54) is 11.3 Å².